The Bertz CT molecular complexity index is 547. The van der Waals surface area contributed by atoms with Crippen LogP contribution in [0.2, 0.25) is 5.02 Å². The topological polar surface area (TPSA) is 129 Å². The number of hydrogen-bond donors (Lipinski definition) is 3. The second-order valence-corrected chi connectivity index (χ2v) is 3.93. The lowest BCUT2D eigenvalue weighted by Gasteiger charge is -2.12. The first-order valence-electron chi connectivity index (χ1n) is 5.31. The summed E-state index contributed by atoms with van der Waals surface area (Å²) in [5.74, 6) is -0.160. The fourth-order valence-corrected chi connectivity index (χ4v) is 1.54. The summed E-state index contributed by atoms with van der Waals surface area (Å²) in [5.41, 5.74) is 12.4. The number of carbonyl (C=O) groups excluding carboxylic acids is 2. The molecule has 0 atom stereocenters. The number of nitrogens with two attached hydrogens (primary N) is 2. The van der Waals surface area contributed by atoms with Crippen LogP contribution >= 0.6 is 11.6 Å². The van der Waals surface area contributed by atoms with E-state index in [1.54, 1.807) is 6.07 Å². The van der Waals surface area contributed by atoms with Gasteiger partial charge in [-0.1, -0.05) is 11.6 Å². The lowest BCUT2D eigenvalue weighted by atomic mass is 10.2. The van der Waals surface area contributed by atoms with Gasteiger partial charge in [0.2, 0.25) is 0 Å². The Hall–Kier alpha value is -2.48. The van der Waals surface area contributed by atoms with Gasteiger partial charge in [-0.3, -0.25) is 4.79 Å². The van der Waals surface area contributed by atoms with Gasteiger partial charge in [0, 0.05) is 0 Å². The predicted octanol–water partition coefficient (Wildman–Crippen LogP) is 0.215. The van der Waals surface area contributed by atoms with Crippen molar-refractivity contribution in [3.8, 4) is 11.5 Å². The number of methoxy groups -OCH3 is 1. The van der Waals surface area contributed by atoms with Crippen LogP contribution in [0, 0.1) is 0 Å². The quantitative estimate of drug-likeness (QED) is 0.512. The molecule has 20 heavy (non-hydrogen) atoms. The fourth-order valence-electron chi connectivity index (χ4n) is 1.27. The average Bonchev–Trinajstić information content (AvgIpc) is 2.36. The molecule has 1 rings (SSSR count). The van der Waals surface area contributed by atoms with Gasteiger partial charge in [0.05, 0.1) is 18.3 Å². The van der Waals surface area contributed by atoms with Gasteiger partial charge < -0.3 is 20.9 Å². The molecule has 0 saturated carbocycles. The van der Waals surface area contributed by atoms with Gasteiger partial charge in [-0.05, 0) is 17.7 Å². The Balaban J connectivity index is 2.97. The Morgan fingerprint density at radius 1 is 1.45 bits per heavy atom. The van der Waals surface area contributed by atoms with Crippen molar-refractivity contribution in [2.75, 3.05) is 13.7 Å². The summed E-state index contributed by atoms with van der Waals surface area (Å²) in [6.07, 6.45) is 1.32. The third-order valence-corrected chi connectivity index (χ3v) is 2.28. The van der Waals surface area contributed by atoms with Crippen molar-refractivity contribution in [2.24, 2.45) is 16.6 Å². The van der Waals surface area contributed by atoms with Gasteiger partial charge in [-0.25, -0.2) is 10.2 Å². The number of carbonyl (C=O) groups is 2. The normalized spacial score (nSPS) is 10.3. The van der Waals surface area contributed by atoms with E-state index in [0.29, 0.717) is 11.3 Å². The third kappa shape index (κ3) is 4.65. The molecule has 108 valence electrons. The number of hydrazone groups is 1. The van der Waals surface area contributed by atoms with Crippen molar-refractivity contribution in [2.45, 2.75) is 0 Å². The van der Waals surface area contributed by atoms with Crippen molar-refractivity contribution in [1.82, 2.24) is 5.43 Å². The number of nitrogens with zero attached hydrogens (tertiary/aromatic N) is 1. The van der Waals surface area contributed by atoms with Gasteiger partial charge in [0.1, 0.15) is 0 Å². The Morgan fingerprint density at radius 2 is 2.15 bits per heavy atom. The predicted molar refractivity (Wildman–Crippen MR) is 73.0 cm³/mol. The molecule has 0 radical (unpaired) electrons. The standard InChI is InChI=1S/C11H13ClN4O4/c1-19-8-3-6(4-15-16-11(14)18)2-7(12)10(8)20-5-9(13)17/h2-4H,5H2,1H3,(H2,13,17)(H3,14,16,18)/b15-4+. The minimum Gasteiger partial charge on any atom is -0.493 e. The highest BCUT2D eigenvalue weighted by Gasteiger charge is 2.12. The van der Waals surface area contributed by atoms with E-state index in [1.807, 2.05) is 5.43 Å². The van der Waals surface area contributed by atoms with E-state index in [4.69, 9.17) is 32.5 Å². The summed E-state index contributed by atoms with van der Waals surface area (Å²) in [4.78, 5) is 21.2. The summed E-state index contributed by atoms with van der Waals surface area (Å²) in [6.45, 7) is -0.327. The minimum atomic E-state index is -0.791. The maximum absolute atomic E-state index is 10.7. The van der Waals surface area contributed by atoms with E-state index < -0.39 is 11.9 Å². The molecule has 8 nitrogen and oxygen atoms in total. The largest absolute Gasteiger partial charge is 0.493 e. The van der Waals surface area contributed by atoms with Gasteiger partial charge in [-0.15, -0.1) is 0 Å². The highest BCUT2D eigenvalue weighted by molar-refractivity contribution is 6.32. The number of halogens is 1. The number of amides is 3. The van der Waals surface area contributed by atoms with Crippen molar-refractivity contribution in [1.29, 1.82) is 0 Å². The maximum atomic E-state index is 10.7. The SMILES string of the molecule is COc1cc(/C=N/NC(N)=O)cc(Cl)c1OCC(N)=O. The number of nitrogens with one attached hydrogen (secondary N) is 1. The van der Waals surface area contributed by atoms with Crippen LogP contribution in [-0.2, 0) is 4.79 Å². The number of primary amides is 2. The zero-order valence-corrected chi connectivity index (χ0v) is 11.3. The molecule has 5 N–H and O–H groups in total. The number of hydrogen-bond acceptors (Lipinski definition) is 5. The van der Waals surface area contributed by atoms with Crippen LogP contribution in [0.4, 0.5) is 4.79 Å². The molecule has 0 fully saturated rings. The fraction of sp³-hybridized carbons (Fsp3) is 0.182. The zero-order chi connectivity index (χ0) is 15.1. The molecule has 1 aromatic carbocycles. The highest BCUT2D eigenvalue weighted by atomic mass is 35.5. The molecule has 0 saturated heterocycles. The monoisotopic (exact) mass is 300 g/mol. The zero-order valence-electron chi connectivity index (χ0n) is 10.6. The van der Waals surface area contributed by atoms with Crippen LogP contribution in [-0.4, -0.2) is 31.9 Å². The minimum absolute atomic E-state index is 0.188. The Kier molecular flexibility index (Phi) is 5.60. The van der Waals surface area contributed by atoms with Crippen molar-refractivity contribution < 1.29 is 19.1 Å². The lowest BCUT2D eigenvalue weighted by Crippen LogP contribution is -2.24. The second kappa shape index (κ2) is 7.19. The first kappa shape index (κ1) is 15.6. The molecule has 0 aromatic heterocycles. The maximum Gasteiger partial charge on any atom is 0.332 e. The number of rotatable bonds is 6. The molecule has 0 aliphatic rings. The molecule has 1 aromatic rings. The first-order valence-corrected chi connectivity index (χ1v) is 5.69. The summed E-state index contributed by atoms with van der Waals surface area (Å²) < 4.78 is 10.2. The molecule has 9 heteroatoms. The number of ether oxygens (including phenoxy) is 2. The van der Waals surface area contributed by atoms with E-state index in [1.165, 1.54) is 19.4 Å². The van der Waals surface area contributed by atoms with E-state index in [2.05, 4.69) is 5.10 Å². The van der Waals surface area contributed by atoms with Crippen molar-refractivity contribution >= 4 is 29.8 Å². The van der Waals surface area contributed by atoms with Gasteiger partial charge >= 0.3 is 6.03 Å². The summed E-state index contributed by atoms with van der Waals surface area (Å²) >= 11 is 6.01. The molecule has 0 aliphatic heterocycles. The molecule has 3 amide bonds. The van der Waals surface area contributed by atoms with Crippen molar-refractivity contribution in [3.05, 3.63) is 22.7 Å². The number of benzene rings is 1. The Labute approximate surface area is 119 Å². The summed E-state index contributed by atoms with van der Waals surface area (Å²) in [6, 6.07) is 2.27. The molecular weight excluding hydrogens is 288 g/mol. The lowest BCUT2D eigenvalue weighted by molar-refractivity contribution is -0.119. The molecule has 0 spiro atoms. The summed E-state index contributed by atoms with van der Waals surface area (Å²) in [5, 5.41) is 3.78. The Morgan fingerprint density at radius 3 is 2.70 bits per heavy atom. The van der Waals surface area contributed by atoms with Gasteiger partial charge in [0.15, 0.2) is 18.1 Å². The van der Waals surface area contributed by atoms with Crippen LogP contribution in [0.25, 0.3) is 0 Å². The van der Waals surface area contributed by atoms with Gasteiger partial charge in [0.25, 0.3) is 5.91 Å². The molecule has 0 heterocycles. The third-order valence-electron chi connectivity index (χ3n) is 2.00. The van der Waals surface area contributed by atoms with Crippen LogP contribution in [0.1, 0.15) is 5.56 Å². The van der Waals surface area contributed by atoms with Crippen LogP contribution in [0.15, 0.2) is 17.2 Å². The number of urea groups is 1. The van der Waals surface area contributed by atoms with E-state index in [-0.39, 0.29) is 17.4 Å². The van der Waals surface area contributed by atoms with E-state index in [9.17, 15) is 9.59 Å². The van der Waals surface area contributed by atoms with Crippen LogP contribution < -0.4 is 26.4 Å². The van der Waals surface area contributed by atoms with Gasteiger partial charge in [-0.2, -0.15) is 5.10 Å². The first-order chi connectivity index (χ1) is 9.43. The average molecular weight is 301 g/mol. The molecule has 0 aliphatic carbocycles. The smallest absolute Gasteiger partial charge is 0.332 e. The highest BCUT2D eigenvalue weighted by Crippen LogP contribution is 2.35. The van der Waals surface area contributed by atoms with E-state index >= 15 is 0 Å². The molecule has 0 unspecified atom stereocenters. The van der Waals surface area contributed by atoms with E-state index in [0.717, 1.165) is 0 Å². The summed E-state index contributed by atoms with van der Waals surface area (Å²) in [7, 11) is 1.41. The second-order valence-electron chi connectivity index (χ2n) is 3.52. The molecular formula is C11H13ClN4O4. The van der Waals surface area contributed by atoms with Crippen molar-refractivity contribution in [3.63, 3.8) is 0 Å². The van der Waals surface area contributed by atoms with Crippen LogP contribution in [0.5, 0.6) is 11.5 Å². The van der Waals surface area contributed by atoms with Crippen LogP contribution in [0.3, 0.4) is 0 Å². The molecule has 0 bridgehead atoms.